The third kappa shape index (κ3) is 4.18. The minimum atomic E-state index is 0.766. The van der Waals surface area contributed by atoms with Gasteiger partial charge in [-0.1, -0.05) is 52.7 Å². The second kappa shape index (κ2) is 7.70. The summed E-state index contributed by atoms with van der Waals surface area (Å²) in [6.07, 6.45) is 2.22. The first-order valence-electron chi connectivity index (χ1n) is 7.59. The Morgan fingerprint density at radius 3 is 2.04 bits per heavy atom. The molecule has 0 spiro atoms. The van der Waals surface area contributed by atoms with E-state index in [0.29, 0.717) is 0 Å². The maximum atomic E-state index is 5.69. The fraction of sp³-hybridized carbons (Fsp3) is 0.222. The van der Waals surface area contributed by atoms with Crippen LogP contribution in [0.25, 0.3) is 21.1 Å². The van der Waals surface area contributed by atoms with Crippen molar-refractivity contribution in [2.24, 2.45) is 0 Å². The van der Waals surface area contributed by atoms with Crippen molar-refractivity contribution in [1.82, 2.24) is 10.2 Å². The molecule has 0 amide bonds. The van der Waals surface area contributed by atoms with E-state index in [4.69, 9.17) is 4.74 Å². The van der Waals surface area contributed by atoms with Gasteiger partial charge < -0.3 is 4.74 Å². The van der Waals surface area contributed by atoms with Gasteiger partial charge >= 0.3 is 0 Å². The number of halogens is 1. The lowest BCUT2D eigenvalue weighted by Crippen LogP contribution is -1.95. The molecule has 0 atom stereocenters. The summed E-state index contributed by atoms with van der Waals surface area (Å²) in [6, 6.07) is 16.2. The van der Waals surface area contributed by atoms with Crippen molar-refractivity contribution in [1.29, 1.82) is 0 Å². The summed E-state index contributed by atoms with van der Waals surface area (Å²) in [5.41, 5.74) is 2.14. The minimum Gasteiger partial charge on any atom is -0.494 e. The first-order chi connectivity index (χ1) is 11.3. The van der Waals surface area contributed by atoms with Crippen LogP contribution in [0.4, 0.5) is 0 Å². The molecule has 0 aliphatic rings. The molecule has 1 heterocycles. The van der Waals surface area contributed by atoms with Crippen LogP contribution in [-0.2, 0) is 0 Å². The Morgan fingerprint density at radius 1 is 0.913 bits per heavy atom. The summed E-state index contributed by atoms with van der Waals surface area (Å²) in [6.45, 7) is 2.92. The lowest BCUT2D eigenvalue weighted by atomic mass is 10.2. The molecule has 1 aromatic heterocycles. The van der Waals surface area contributed by atoms with Crippen molar-refractivity contribution in [3.63, 3.8) is 0 Å². The van der Waals surface area contributed by atoms with Gasteiger partial charge in [-0.3, -0.25) is 0 Å². The van der Waals surface area contributed by atoms with Crippen LogP contribution in [0.15, 0.2) is 53.0 Å². The van der Waals surface area contributed by atoms with E-state index in [1.165, 1.54) is 0 Å². The van der Waals surface area contributed by atoms with Gasteiger partial charge in [0.05, 0.1) is 6.61 Å². The lowest BCUT2D eigenvalue weighted by molar-refractivity contribution is 0.309. The SMILES string of the molecule is CCCCOc1ccc(-c2nnc(-c3ccc(Br)cc3)s2)cc1. The van der Waals surface area contributed by atoms with Gasteiger partial charge in [-0.25, -0.2) is 0 Å². The Labute approximate surface area is 148 Å². The number of hydrogen-bond donors (Lipinski definition) is 0. The maximum absolute atomic E-state index is 5.69. The Bertz CT molecular complexity index is 753. The molecule has 0 fully saturated rings. The number of ether oxygens (including phenoxy) is 1. The monoisotopic (exact) mass is 388 g/mol. The molecule has 0 aliphatic carbocycles. The summed E-state index contributed by atoms with van der Waals surface area (Å²) in [4.78, 5) is 0. The number of nitrogens with zero attached hydrogens (tertiary/aromatic N) is 2. The number of unbranched alkanes of at least 4 members (excludes halogenated alkanes) is 1. The zero-order chi connectivity index (χ0) is 16.1. The van der Waals surface area contributed by atoms with Crippen LogP contribution in [0.2, 0.25) is 0 Å². The first-order valence-corrected chi connectivity index (χ1v) is 9.20. The highest BCUT2D eigenvalue weighted by atomic mass is 79.9. The van der Waals surface area contributed by atoms with Crippen LogP contribution in [0.3, 0.4) is 0 Å². The van der Waals surface area contributed by atoms with E-state index in [1.54, 1.807) is 11.3 Å². The summed E-state index contributed by atoms with van der Waals surface area (Å²) in [5, 5.41) is 10.4. The predicted octanol–water partition coefficient (Wildman–Crippen LogP) is 5.81. The lowest BCUT2D eigenvalue weighted by Gasteiger charge is -2.05. The van der Waals surface area contributed by atoms with Gasteiger partial charge in [0.25, 0.3) is 0 Å². The normalized spacial score (nSPS) is 10.7. The zero-order valence-corrected chi connectivity index (χ0v) is 15.2. The van der Waals surface area contributed by atoms with Crippen molar-refractivity contribution >= 4 is 27.3 Å². The standard InChI is InChI=1S/C18H17BrN2OS/c1-2-3-12-22-16-10-6-14(7-11-16)18-21-20-17(23-18)13-4-8-15(19)9-5-13/h4-11H,2-3,12H2,1H3. The molecular weight excluding hydrogens is 372 g/mol. The van der Waals surface area contributed by atoms with Crippen LogP contribution in [0, 0.1) is 0 Å². The van der Waals surface area contributed by atoms with Gasteiger partial charge in [-0.2, -0.15) is 0 Å². The Balaban J connectivity index is 1.73. The van der Waals surface area contributed by atoms with E-state index in [9.17, 15) is 0 Å². The Hall–Kier alpha value is -1.72. The Morgan fingerprint density at radius 2 is 1.48 bits per heavy atom. The van der Waals surface area contributed by atoms with Crippen molar-refractivity contribution in [2.45, 2.75) is 19.8 Å². The third-order valence-electron chi connectivity index (χ3n) is 3.38. The molecule has 0 saturated carbocycles. The van der Waals surface area contributed by atoms with Gasteiger partial charge in [0, 0.05) is 15.6 Å². The van der Waals surface area contributed by atoms with E-state index < -0.39 is 0 Å². The molecule has 0 aliphatic heterocycles. The Kier molecular flexibility index (Phi) is 5.41. The molecule has 0 unspecified atom stereocenters. The highest BCUT2D eigenvalue weighted by Gasteiger charge is 2.08. The first kappa shape index (κ1) is 16.1. The van der Waals surface area contributed by atoms with Gasteiger partial charge in [-0.15, -0.1) is 10.2 Å². The molecule has 118 valence electrons. The van der Waals surface area contributed by atoms with E-state index in [-0.39, 0.29) is 0 Å². The van der Waals surface area contributed by atoms with E-state index in [2.05, 4.69) is 33.1 Å². The number of rotatable bonds is 6. The van der Waals surface area contributed by atoms with Crippen LogP contribution >= 0.6 is 27.3 Å². The van der Waals surface area contributed by atoms with Crippen molar-refractivity contribution in [2.75, 3.05) is 6.61 Å². The fourth-order valence-corrected chi connectivity index (χ4v) is 3.20. The third-order valence-corrected chi connectivity index (χ3v) is 4.93. The molecule has 5 heteroatoms. The maximum Gasteiger partial charge on any atom is 0.148 e. The molecule has 3 aromatic rings. The van der Waals surface area contributed by atoms with Crippen molar-refractivity contribution in [3.8, 4) is 26.9 Å². The van der Waals surface area contributed by atoms with Crippen LogP contribution in [-0.4, -0.2) is 16.8 Å². The number of hydrogen-bond acceptors (Lipinski definition) is 4. The predicted molar refractivity (Wildman–Crippen MR) is 98.9 cm³/mol. The van der Waals surface area contributed by atoms with Crippen molar-refractivity contribution in [3.05, 3.63) is 53.0 Å². The molecular formula is C18H17BrN2OS. The molecule has 2 aromatic carbocycles. The minimum absolute atomic E-state index is 0.766. The van der Waals surface area contributed by atoms with E-state index in [1.807, 2.05) is 48.5 Å². The highest BCUT2D eigenvalue weighted by Crippen LogP contribution is 2.31. The second-order valence-corrected chi connectivity index (χ2v) is 7.04. The molecule has 0 radical (unpaired) electrons. The summed E-state index contributed by atoms with van der Waals surface area (Å²) >= 11 is 5.04. The number of aromatic nitrogens is 2. The summed E-state index contributed by atoms with van der Waals surface area (Å²) in [5.74, 6) is 0.903. The van der Waals surface area contributed by atoms with Gasteiger partial charge in [-0.05, 0) is 42.8 Å². The van der Waals surface area contributed by atoms with Crippen LogP contribution < -0.4 is 4.74 Å². The second-order valence-electron chi connectivity index (χ2n) is 5.15. The van der Waals surface area contributed by atoms with E-state index >= 15 is 0 Å². The van der Waals surface area contributed by atoms with Crippen LogP contribution in [0.1, 0.15) is 19.8 Å². The van der Waals surface area contributed by atoms with Gasteiger partial charge in [0.15, 0.2) is 0 Å². The smallest absolute Gasteiger partial charge is 0.148 e. The molecule has 0 N–H and O–H groups in total. The fourth-order valence-electron chi connectivity index (χ4n) is 2.08. The average Bonchev–Trinajstić information content (AvgIpc) is 3.06. The summed E-state index contributed by atoms with van der Waals surface area (Å²) < 4.78 is 6.75. The quantitative estimate of drug-likeness (QED) is 0.499. The van der Waals surface area contributed by atoms with Crippen molar-refractivity contribution < 1.29 is 4.74 Å². The molecule has 0 saturated heterocycles. The van der Waals surface area contributed by atoms with E-state index in [0.717, 1.165) is 50.8 Å². The molecule has 23 heavy (non-hydrogen) atoms. The average molecular weight is 389 g/mol. The molecule has 0 bridgehead atoms. The largest absolute Gasteiger partial charge is 0.494 e. The molecule has 3 nitrogen and oxygen atoms in total. The number of benzene rings is 2. The molecule has 3 rings (SSSR count). The summed E-state index contributed by atoms with van der Waals surface area (Å²) in [7, 11) is 0. The zero-order valence-electron chi connectivity index (χ0n) is 12.8. The highest BCUT2D eigenvalue weighted by molar-refractivity contribution is 9.10. The topological polar surface area (TPSA) is 35.0 Å². The van der Waals surface area contributed by atoms with Gasteiger partial charge in [0.2, 0.25) is 0 Å². The van der Waals surface area contributed by atoms with Crippen LogP contribution in [0.5, 0.6) is 5.75 Å². The van der Waals surface area contributed by atoms with Gasteiger partial charge in [0.1, 0.15) is 15.8 Å².